The molecule has 0 fully saturated rings. The topological polar surface area (TPSA) is 98.7 Å². The van der Waals surface area contributed by atoms with E-state index in [1.807, 2.05) is 0 Å². The first-order valence-corrected chi connectivity index (χ1v) is 6.96. The molecular weight excluding hydrogens is 375 g/mol. The van der Waals surface area contributed by atoms with E-state index < -0.39 is 18.0 Å². The molecule has 0 aliphatic heterocycles. The molecule has 0 spiro atoms. The molecule has 0 bridgehead atoms. The second-order valence-electron chi connectivity index (χ2n) is 3.72. The summed E-state index contributed by atoms with van der Waals surface area (Å²) in [4.78, 5) is 22.5. The van der Waals surface area contributed by atoms with E-state index in [1.165, 1.54) is 6.07 Å². The number of hydrogen-bond acceptors (Lipinski definition) is 3. The number of aliphatic hydroxyl groups excluding tert-OH is 1. The van der Waals surface area contributed by atoms with Gasteiger partial charge in [-0.2, -0.15) is 0 Å². The average Bonchev–Trinajstić information content (AvgIpc) is 2.39. The van der Waals surface area contributed by atoms with Crippen LogP contribution in [0.3, 0.4) is 0 Å². The Morgan fingerprint density at radius 1 is 1.30 bits per heavy atom. The highest BCUT2D eigenvalue weighted by atomic mass is 79.9. The van der Waals surface area contributed by atoms with Crippen molar-refractivity contribution in [3.63, 3.8) is 0 Å². The third-order valence-electron chi connectivity index (χ3n) is 2.30. The van der Waals surface area contributed by atoms with Crippen molar-refractivity contribution in [1.82, 2.24) is 5.32 Å². The summed E-state index contributed by atoms with van der Waals surface area (Å²) in [5.41, 5.74) is 0.241. The van der Waals surface area contributed by atoms with Crippen molar-refractivity contribution < 1.29 is 19.8 Å². The third kappa shape index (κ3) is 4.52. The predicted molar refractivity (Wildman–Crippen MR) is 79.4 cm³/mol. The number of benzene rings is 1. The Kier molecular flexibility index (Phi) is 6.54. The summed E-state index contributed by atoms with van der Waals surface area (Å²) in [6.45, 7) is -0.359. The van der Waals surface area contributed by atoms with Gasteiger partial charge in [0.05, 0.1) is 15.7 Å². The summed E-state index contributed by atoms with van der Waals surface area (Å²) in [7, 11) is 0. The van der Waals surface area contributed by atoms with Crippen LogP contribution in [-0.4, -0.2) is 34.9 Å². The molecule has 0 aromatic heterocycles. The van der Waals surface area contributed by atoms with Crippen molar-refractivity contribution >= 4 is 56.8 Å². The lowest BCUT2D eigenvalue weighted by Gasteiger charge is -2.15. The molecule has 0 unspecified atom stereocenters. The van der Waals surface area contributed by atoms with Crippen molar-refractivity contribution in [2.45, 2.75) is 12.5 Å². The van der Waals surface area contributed by atoms with Gasteiger partial charge in [-0.05, 0) is 28.1 Å². The maximum atomic E-state index is 11.7. The van der Waals surface area contributed by atoms with Gasteiger partial charge in [0.25, 0.3) is 0 Å². The fourth-order valence-corrected chi connectivity index (χ4v) is 2.15. The van der Waals surface area contributed by atoms with E-state index in [0.29, 0.717) is 4.47 Å². The predicted octanol–water partition coefficient (Wildman–Crippen LogP) is 2.71. The number of carbonyl (C=O) groups is 2. The van der Waals surface area contributed by atoms with Gasteiger partial charge in [-0.15, -0.1) is 0 Å². The quantitative estimate of drug-likeness (QED) is 0.585. The van der Waals surface area contributed by atoms with Crippen LogP contribution in [0.15, 0.2) is 16.6 Å². The fourth-order valence-electron chi connectivity index (χ4n) is 1.33. The number of aliphatic carboxylic acids is 1. The maximum absolute atomic E-state index is 11.7. The number of aliphatic hydroxyl groups is 1. The number of rotatable bonds is 5. The number of hydrogen-bond donors (Lipinski definition) is 4. The van der Waals surface area contributed by atoms with Crippen LogP contribution in [0, 0.1) is 0 Å². The number of anilines is 1. The molecule has 1 aromatic carbocycles. The summed E-state index contributed by atoms with van der Waals surface area (Å²) in [6, 6.07) is 1.15. The van der Waals surface area contributed by atoms with E-state index in [0.717, 1.165) is 0 Å². The Balaban J connectivity index is 2.76. The normalized spacial score (nSPS) is 11.8. The molecule has 9 heteroatoms. The minimum Gasteiger partial charge on any atom is -0.480 e. The molecule has 0 heterocycles. The lowest BCUT2D eigenvalue weighted by Crippen LogP contribution is -2.43. The molecule has 0 aliphatic rings. The molecule has 4 N–H and O–H groups in total. The van der Waals surface area contributed by atoms with Gasteiger partial charge in [-0.3, -0.25) is 0 Å². The van der Waals surface area contributed by atoms with E-state index in [-0.39, 0.29) is 28.8 Å². The fraction of sp³-hybridized carbons (Fsp3) is 0.273. The van der Waals surface area contributed by atoms with Crippen molar-refractivity contribution in [3.05, 3.63) is 26.7 Å². The molecule has 6 nitrogen and oxygen atoms in total. The first-order chi connectivity index (χ1) is 9.36. The Bertz CT molecular complexity index is 527. The highest BCUT2D eigenvalue weighted by Gasteiger charge is 2.20. The highest BCUT2D eigenvalue weighted by Crippen LogP contribution is 2.35. The maximum Gasteiger partial charge on any atom is 0.326 e. The first-order valence-electron chi connectivity index (χ1n) is 5.41. The SMILES string of the molecule is O=C(Nc1ccc(Br)c(Cl)c1Cl)N[C@H](CCO)C(=O)O. The van der Waals surface area contributed by atoms with Gasteiger partial charge < -0.3 is 20.8 Å². The Morgan fingerprint density at radius 2 is 1.95 bits per heavy atom. The third-order valence-corrected chi connectivity index (χ3v) is 4.08. The molecular formula is C11H11BrCl2N2O4. The summed E-state index contributed by atoms with van der Waals surface area (Å²) >= 11 is 15.0. The molecule has 1 atom stereocenters. The number of carboxylic acid groups (broad SMARTS) is 1. The molecule has 1 aromatic rings. The summed E-state index contributed by atoms with van der Waals surface area (Å²) in [6.07, 6.45) is -0.0996. The van der Waals surface area contributed by atoms with Crippen LogP contribution in [0.5, 0.6) is 0 Å². The van der Waals surface area contributed by atoms with Crippen LogP contribution < -0.4 is 10.6 Å². The van der Waals surface area contributed by atoms with Crippen molar-refractivity contribution in [2.75, 3.05) is 11.9 Å². The molecule has 0 saturated carbocycles. The molecule has 0 aliphatic carbocycles. The number of urea groups is 1. The van der Waals surface area contributed by atoms with Gasteiger partial charge in [0.1, 0.15) is 6.04 Å². The van der Waals surface area contributed by atoms with Gasteiger partial charge in [0.15, 0.2) is 0 Å². The average molecular weight is 386 g/mol. The largest absolute Gasteiger partial charge is 0.480 e. The highest BCUT2D eigenvalue weighted by molar-refractivity contribution is 9.10. The second-order valence-corrected chi connectivity index (χ2v) is 5.33. The van der Waals surface area contributed by atoms with Crippen LogP contribution in [-0.2, 0) is 4.79 Å². The molecule has 1 rings (SSSR count). The number of amides is 2. The van der Waals surface area contributed by atoms with Gasteiger partial charge in [0.2, 0.25) is 0 Å². The van der Waals surface area contributed by atoms with Gasteiger partial charge in [0, 0.05) is 17.5 Å². The minimum absolute atomic E-state index is 0.0996. The van der Waals surface area contributed by atoms with Gasteiger partial charge >= 0.3 is 12.0 Å². The van der Waals surface area contributed by atoms with Gasteiger partial charge in [-0.25, -0.2) is 9.59 Å². The minimum atomic E-state index is -1.24. The van der Waals surface area contributed by atoms with E-state index in [2.05, 4.69) is 26.6 Å². The van der Waals surface area contributed by atoms with Crippen LogP contribution >= 0.6 is 39.1 Å². The zero-order chi connectivity index (χ0) is 15.3. The van der Waals surface area contributed by atoms with Gasteiger partial charge in [-0.1, -0.05) is 23.2 Å². The summed E-state index contributed by atoms with van der Waals surface area (Å²) in [5, 5.41) is 22.5. The van der Waals surface area contributed by atoms with E-state index in [1.54, 1.807) is 6.07 Å². The zero-order valence-electron chi connectivity index (χ0n) is 9.99. The smallest absolute Gasteiger partial charge is 0.326 e. The van der Waals surface area contributed by atoms with Crippen LogP contribution in [0.2, 0.25) is 10.0 Å². The van der Waals surface area contributed by atoms with Crippen LogP contribution in [0.1, 0.15) is 6.42 Å². The standard InChI is InChI=1S/C11H11BrCl2N2O4/c12-5-1-2-6(9(14)8(5)13)15-11(20)16-7(3-4-17)10(18)19/h1-2,7,17H,3-4H2,(H,18,19)(H2,15,16,20)/t7-/m1/s1. The van der Waals surface area contributed by atoms with Crippen LogP contribution in [0.4, 0.5) is 10.5 Å². The lowest BCUT2D eigenvalue weighted by atomic mass is 10.2. The second kappa shape index (κ2) is 7.68. The zero-order valence-corrected chi connectivity index (χ0v) is 13.1. The Labute approximate surface area is 133 Å². The first kappa shape index (κ1) is 17.0. The molecule has 2 amide bonds. The number of nitrogens with one attached hydrogen (secondary N) is 2. The molecule has 0 radical (unpaired) electrons. The Morgan fingerprint density at radius 3 is 2.50 bits per heavy atom. The van der Waals surface area contributed by atoms with Crippen LogP contribution in [0.25, 0.3) is 0 Å². The Hall–Kier alpha value is -1.02. The van der Waals surface area contributed by atoms with Crippen molar-refractivity contribution in [1.29, 1.82) is 0 Å². The monoisotopic (exact) mass is 384 g/mol. The van der Waals surface area contributed by atoms with E-state index in [4.69, 9.17) is 33.4 Å². The van der Waals surface area contributed by atoms with Crippen molar-refractivity contribution in [2.24, 2.45) is 0 Å². The number of carbonyl (C=O) groups excluding carboxylic acids is 1. The van der Waals surface area contributed by atoms with E-state index >= 15 is 0 Å². The molecule has 0 saturated heterocycles. The summed E-state index contributed by atoms with van der Waals surface area (Å²) in [5.74, 6) is -1.24. The lowest BCUT2D eigenvalue weighted by molar-refractivity contribution is -0.139. The summed E-state index contributed by atoms with van der Waals surface area (Å²) < 4.78 is 0.568. The molecule has 20 heavy (non-hydrogen) atoms. The number of carboxylic acids is 1. The van der Waals surface area contributed by atoms with Crippen molar-refractivity contribution in [3.8, 4) is 0 Å². The molecule has 110 valence electrons. The van der Waals surface area contributed by atoms with E-state index in [9.17, 15) is 9.59 Å². The number of halogens is 3.